The first-order valence-corrected chi connectivity index (χ1v) is 9.09. The second-order valence-electron chi connectivity index (χ2n) is 7.36. The summed E-state index contributed by atoms with van der Waals surface area (Å²) in [5.41, 5.74) is 5.60. The van der Waals surface area contributed by atoms with Crippen molar-refractivity contribution in [2.24, 2.45) is 0 Å². The van der Waals surface area contributed by atoms with Crippen molar-refractivity contribution in [2.45, 2.75) is 53.0 Å². The number of carbonyl (C=O) groups excluding carboxylic acids is 2. The van der Waals surface area contributed by atoms with E-state index in [1.807, 2.05) is 70.2 Å². The van der Waals surface area contributed by atoms with Gasteiger partial charge in [-0.1, -0.05) is 38.1 Å². The average molecular weight is 352 g/mol. The third-order valence-corrected chi connectivity index (χ3v) is 4.29. The molecule has 138 valence electrons. The molecule has 0 atom stereocenters. The van der Waals surface area contributed by atoms with Gasteiger partial charge in [-0.05, 0) is 69.0 Å². The zero-order valence-electron chi connectivity index (χ0n) is 16.3. The minimum absolute atomic E-state index is 0.222. The largest absolute Gasteiger partial charge is 0.272 e. The Kier molecular flexibility index (Phi) is 6.19. The molecule has 0 heterocycles. The van der Waals surface area contributed by atoms with E-state index >= 15 is 0 Å². The molecule has 0 aliphatic carbocycles. The molecule has 0 aliphatic heterocycles. The van der Waals surface area contributed by atoms with Crippen LogP contribution in [0.25, 0.3) is 0 Å². The quantitative estimate of drug-likeness (QED) is 0.829. The van der Waals surface area contributed by atoms with E-state index in [4.69, 9.17) is 0 Å². The summed E-state index contributed by atoms with van der Waals surface area (Å²) in [7, 11) is 0. The van der Waals surface area contributed by atoms with Crippen molar-refractivity contribution in [1.29, 1.82) is 0 Å². The molecule has 26 heavy (non-hydrogen) atoms. The fraction of sp³-hybridized carbons (Fsp3) is 0.364. The normalized spacial score (nSPS) is 11.1. The second-order valence-corrected chi connectivity index (χ2v) is 7.36. The minimum atomic E-state index is -0.557. The van der Waals surface area contributed by atoms with Gasteiger partial charge in [-0.25, -0.2) is 5.01 Å². The Bertz CT molecular complexity index is 773. The van der Waals surface area contributed by atoms with Gasteiger partial charge >= 0.3 is 0 Å². The predicted molar refractivity (Wildman–Crippen MR) is 105 cm³/mol. The number of aryl methyl sites for hydroxylation is 2. The van der Waals surface area contributed by atoms with Crippen molar-refractivity contribution < 1.29 is 9.59 Å². The van der Waals surface area contributed by atoms with Gasteiger partial charge in [-0.2, -0.15) is 0 Å². The van der Waals surface area contributed by atoms with E-state index in [9.17, 15) is 9.59 Å². The molecule has 2 rings (SSSR count). The maximum Gasteiger partial charge on any atom is 0.272 e. The highest BCUT2D eigenvalue weighted by molar-refractivity contribution is 5.99. The molecule has 0 saturated carbocycles. The van der Waals surface area contributed by atoms with Gasteiger partial charge in [0.25, 0.3) is 11.8 Å². The fourth-order valence-corrected chi connectivity index (χ4v) is 2.63. The van der Waals surface area contributed by atoms with Crippen molar-refractivity contribution in [3.8, 4) is 0 Å². The molecule has 0 bridgehead atoms. The van der Waals surface area contributed by atoms with Crippen LogP contribution in [-0.4, -0.2) is 22.4 Å². The van der Waals surface area contributed by atoms with Crippen LogP contribution in [0.3, 0.4) is 0 Å². The van der Waals surface area contributed by atoms with Gasteiger partial charge in [0.05, 0.1) is 5.54 Å². The Morgan fingerprint density at radius 3 is 2.04 bits per heavy atom. The van der Waals surface area contributed by atoms with Crippen molar-refractivity contribution in [2.75, 3.05) is 0 Å². The van der Waals surface area contributed by atoms with Crippen LogP contribution in [0.5, 0.6) is 0 Å². The monoisotopic (exact) mass is 352 g/mol. The number of hydrazine groups is 1. The Balaban J connectivity index is 2.26. The minimum Gasteiger partial charge on any atom is -0.267 e. The van der Waals surface area contributed by atoms with Crippen LogP contribution in [0.1, 0.15) is 66.5 Å². The Morgan fingerprint density at radius 2 is 1.50 bits per heavy atom. The van der Waals surface area contributed by atoms with Gasteiger partial charge < -0.3 is 0 Å². The molecular formula is C22H28N2O2. The number of rotatable bonds is 4. The number of carbonyl (C=O) groups is 2. The lowest BCUT2D eigenvalue weighted by Gasteiger charge is -2.35. The van der Waals surface area contributed by atoms with Crippen molar-refractivity contribution >= 4 is 11.8 Å². The summed E-state index contributed by atoms with van der Waals surface area (Å²) in [5.74, 6) is -0.506. The molecule has 4 heteroatoms. The first kappa shape index (κ1) is 19.7. The number of hydrogen-bond acceptors (Lipinski definition) is 2. The molecule has 0 spiro atoms. The van der Waals surface area contributed by atoms with Crippen LogP contribution in [0.15, 0.2) is 48.5 Å². The highest BCUT2D eigenvalue weighted by Gasteiger charge is 2.29. The number of nitrogens with zero attached hydrogens (tertiary/aromatic N) is 1. The molecule has 2 amide bonds. The van der Waals surface area contributed by atoms with E-state index < -0.39 is 5.54 Å². The van der Waals surface area contributed by atoms with E-state index in [0.717, 1.165) is 18.4 Å². The Morgan fingerprint density at radius 1 is 0.885 bits per heavy atom. The third kappa shape index (κ3) is 4.72. The zero-order chi connectivity index (χ0) is 19.3. The molecule has 0 aliphatic rings. The van der Waals surface area contributed by atoms with Crippen LogP contribution < -0.4 is 5.43 Å². The molecule has 0 saturated heterocycles. The summed E-state index contributed by atoms with van der Waals surface area (Å²) >= 11 is 0. The molecule has 0 fully saturated rings. The second kappa shape index (κ2) is 8.17. The lowest BCUT2D eigenvalue weighted by atomic mass is 10.0. The number of benzene rings is 2. The van der Waals surface area contributed by atoms with E-state index in [1.165, 1.54) is 10.6 Å². The van der Waals surface area contributed by atoms with Crippen LogP contribution >= 0.6 is 0 Å². The highest BCUT2D eigenvalue weighted by atomic mass is 16.2. The van der Waals surface area contributed by atoms with E-state index in [-0.39, 0.29) is 11.8 Å². The first-order valence-electron chi connectivity index (χ1n) is 9.09. The zero-order valence-corrected chi connectivity index (χ0v) is 16.3. The predicted octanol–water partition coefficient (Wildman–Crippen LogP) is 4.40. The number of nitrogens with one attached hydrogen (secondary N) is 1. The smallest absolute Gasteiger partial charge is 0.267 e. The van der Waals surface area contributed by atoms with Gasteiger partial charge in [-0.15, -0.1) is 0 Å². The summed E-state index contributed by atoms with van der Waals surface area (Å²) in [4.78, 5) is 25.7. The molecular weight excluding hydrogens is 324 g/mol. The maximum atomic E-state index is 13.0. The summed E-state index contributed by atoms with van der Waals surface area (Å²) in [6, 6.07) is 15.0. The molecule has 0 radical (unpaired) electrons. The molecule has 2 aromatic rings. The van der Waals surface area contributed by atoms with Gasteiger partial charge in [-0.3, -0.25) is 15.0 Å². The Hall–Kier alpha value is -2.62. The van der Waals surface area contributed by atoms with Crippen LogP contribution in [0.4, 0.5) is 0 Å². The maximum absolute atomic E-state index is 13.0. The van der Waals surface area contributed by atoms with E-state index in [1.54, 1.807) is 6.07 Å². The SMILES string of the molecule is CCc1ccc(C(=O)N(NC(=O)c2cccc(CC)c2)C(C)(C)C)cc1. The lowest BCUT2D eigenvalue weighted by Crippen LogP contribution is -2.55. The molecule has 0 aromatic heterocycles. The summed E-state index contributed by atoms with van der Waals surface area (Å²) in [5, 5.41) is 1.41. The van der Waals surface area contributed by atoms with Gasteiger partial charge in [0, 0.05) is 11.1 Å². The summed E-state index contributed by atoms with van der Waals surface area (Å²) in [6.45, 7) is 9.81. The van der Waals surface area contributed by atoms with Crippen molar-refractivity contribution in [3.05, 3.63) is 70.8 Å². The first-order chi connectivity index (χ1) is 12.3. The van der Waals surface area contributed by atoms with Crippen LogP contribution in [0, 0.1) is 0 Å². The third-order valence-electron chi connectivity index (χ3n) is 4.29. The van der Waals surface area contributed by atoms with Crippen LogP contribution in [0.2, 0.25) is 0 Å². The van der Waals surface area contributed by atoms with E-state index in [2.05, 4.69) is 12.3 Å². The topological polar surface area (TPSA) is 49.4 Å². The van der Waals surface area contributed by atoms with Crippen LogP contribution in [-0.2, 0) is 12.8 Å². The summed E-state index contributed by atoms with van der Waals surface area (Å²) in [6.07, 6.45) is 1.77. The fourth-order valence-electron chi connectivity index (χ4n) is 2.63. The van der Waals surface area contributed by atoms with Gasteiger partial charge in [0.15, 0.2) is 0 Å². The molecule has 1 N–H and O–H groups in total. The number of hydrogen-bond donors (Lipinski definition) is 1. The average Bonchev–Trinajstić information content (AvgIpc) is 2.64. The standard InChI is InChI=1S/C22H28N2O2/c1-6-16-11-13-18(14-12-16)21(26)24(22(3,4)5)23-20(25)19-10-8-9-17(7-2)15-19/h8-15H,6-7H2,1-5H3,(H,23,25). The molecule has 0 unspecified atom stereocenters. The molecule has 4 nitrogen and oxygen atoms in total. The Labute approximate surface area is 156 Å². The van der Waals surface area contributed by atoms with Gasteiger partial charge in [0.2, 0.25) is 0 Å². The van der Waals surface area contributed by atoms with Gasteiger partial charge in [0.1, 0.15) is 0 Å². The van der Waals surface area contributed by atoms with E-state index in [0.29, 0.717) is 11.1 Å². The van der Waals surface area contributed by atoms with Crippen molar-refractivity contribution in [1.82, 2.24) is 10.4 Å². The summed E-state index contributed by atoms with van der Waals surface area (Å²) < 4.78 is 0. The van der Waals surface area contributed by atoms with Crippen molar-refractivity contribution in [3.63, 3.8) is 0 Å². The number of amides is 2. The molecule has 2 aromatic carbocycles. The lowest BCUT2D eigenvalue weighted by molar-refractivity contribution is 0.0358. The highest BCUT2D eigenvalue weighted by Crippen LogP contribution is 2.17.